The van der Waals surface area contributed by atoms with Crippen LogP contribution in [0.5, 0.6) is 0 Å². The first-order valence-electron chi connectivity index (χ1n) is 7.43. The van der Waals surface area contributed by atoms with Gasteiger partial charge in [-0.25, -0.2) is 13.1 Å². The largest absolute Gasteiger partial charge is 0.337 e. The Morgan fingerprint density at radius 2 is 1.75 bits per heavy atom. The van der Waals surface area contributed by atoms with Gasteiger partial charge in [0.2, 0.25) is 10.0 Å². The van der Waals surface area contributed by atoms with Crippen molar-refractivity contribution in [3.8, 4) is 0 Å². The maximum absolute atomic E-state index is 12.5. The molecule has 0 saturated heterocycles. The highest BCUT2D eigenvalue weighted by atomic mass is 35.5. The third kappa shape index (κ3) is 4.35. The van der Waals surface area contributed by atoms with Gasteiger partial charge in [0, 0.05) is 30.7 Å². The summed E-state index contributed by atoms with van der Waals surface area (Å²) in [6, 6.07) is 13.2. The molecule has 5 nitrogen and oxygen atoms in total. The van der Waals surface area contributed by atoms with Crippen LogP contribution in [-0.2, 0) is 16.6 Å². The number of sulfonamides is 1. The molecule has 0 aliphatic rings. The first-order valence-corrected chi connectivity index (χ1v) is 9.30. The number of rotatable bonds is 6. The van der Waals surface area contributed by atoms with Crippen molar-refractivity contribution in [2.24, 2.45) is 0 Å². The van der Waals surface area contributed by atoms with E-state index in [-0.39, 0.29) is 10.8 Å². The van der Waals surface area contributed by atoms with Gasteiger partial charge in [0.15, 0.2) is 0 Å². The highest BCUT2D eigenvalue weighted by Gasteiger charge is 2.16. The maximum atomic E-state index is 12.5. The Hall–Kier alpha value is -1.89. The molecule has 0 radical (unpaired) electrons. The van der Waals surface area contributed by atoms with Gasteiger partial charge in [-0.3, -0.25) is 4.79 Å². The summed E-state index contributed by atoms with van der Waals surface area (Å²) in [4.78, 5) is 14.1. The molecule has 1 amide bonds. The molecule has 0 atom stereocenters. The predicted octanol–water partition coefficient (Wildman–Crippen LogP) is 2.91. The maximum Gasteiger partial charge on any atom is 0.253 e. The number of carbonyl (C=O) groups is 1. The zero-order chi connectivity index (χ0) is 17.7. The van der Waals surface area contributed by atoms with Crippen LogP contribution < -0.4 is 4.72 Å². The number of nitrogens with one attached hydrogen (secondary N) is 1. The number of hydrogen-bond donors (Lipinski definition) is 1. The second-order valence-electron chi connectivity index (χ2n) is 5.28. The lowest BCUT2D eigenvalue weighted by Crippen LogP contribution is -2.26. The molecule has 0 aliphatic carbocycles. The lowest BCUT2D eigenvalue weighted by molar-refractivity contribution is 0.0785. The van der Waals surface area contributed by atoms with Gasteiger partial charge in [0.25, 0.3) is 5.91 Å². The van der Waals surface area contributed by atoms with Crippen LogP contribution in [0.2, 0.25) is 5.02 Å². The Balaban J connectivity index is 2.14. The second-order valence-corrected chi connectivity index (χ2v) is 7.45. The van der Waals surface area contributed by atoms with Crippen molar-refractivity contribution >= 4 is 27.5 Å². The normalized spacial score (nSPS) is 11.3. The van der Waals surface area contributed by atoms with E-state index in [0.717, 1.165) is 5.56 Å². The summed E-state index contributed by atoms with van der Waals surface area (Å²) in [5.74, 6) is -0.206. The van der Waals surface area contributed by atoms with Crippen molar-refractivity contribution in [3.63, 3.8) is 0 Å². The number of carbonyl (C=O) groups excluding carboxylic acids is 1. The van der Waals surface area contributed by atoms with Gasteiger partial charge in [0.05, 0.1) is 4.90 Å². The SMILES string of the molecule is CCNS(=O)(=O)c1ccc(C(=O)N(C)Cc2ccccc2Cl)cc1. The van der Waals surface area contributed by atoms with Crippen molar-refractivity contribution in [2.75, 3.05) is 13.6 Å². The van der Waals surface area contributed by atoms with Crippen LogP contribution in [0.3, 0.4) is 0 Å². The topological polar surface area (TPSA) is 66.5 Å². The molecule has 0 aliphatic heterocycles. The van der Waals surface area contributed by atoms with Gasteiger partial charge in [-0.15, -0.1) is 0 Å². The van der Waals surface area contributed by atoms with Crippen molar-refractivity contribution in [1.82, 2.24) is 9.62 Å². The first-order chi connectivity index (χ1) is 11.3. The number of halogens is 1. The summed E-state index contributed by atoms with van der Waals surface area (Å²) in [7, 11) is -1.84. The minimum Gasteiger partial charge on any atom is -0.337 e. The van der Waals surface area contributed by atoms with E-state index in [1.807, 2.05) is 18.2 Å². The zero-order valence-corrected chi connectivity index (χ0v) is 15.1. The summed E-state index contributed by atoms with van der Waals surface area (Å²) in [6.45, 7) is 2.39. The predicted molar refractivity (Wildman–Crippen MR) is 94.6 cm³/mol. The minimum absolute atomic E-state index is 0.134. The van der Waals surface area contributed by atoms with Gasteiger partial charge in [0.1, 0.15) is 0 Å². The average Bonchev–Trinajstić information content (AvgIpc) is 2.56. The Morgan fingerprint density at radius 3 is 2.33 bits per heavy atom. The highest BCUT2D eigenvalue weighted by molar-refractivity contribution is 7.89. The molecular formula is C17H19ClN2O3S. The van der Waals surface area contributed by atoms with Gasteiger partial charge < -0.3 is 4.90 Å². The highest BCUT2D eigenvalue weighted by Crippen LogP contribution is 2.18. The van der Waals surface area contributed by atoms with Crippen LogP contribution in [-0.4, -0.2) is 32.8 Å². The van der Waals surface area contributed by atoms with Crippen LogP contribution in [0.15, 0.2) is 53.4 Å². The van der Waals surface area contributed by atoms with Crippen LogP contribution in [0, 0.1) is 0 Å². The van der Waals surface area contributed by atoms with Gasteiger partial charge in [-0.1, -0.05) is 36.7 Å². The van der Waals surface area contributed by atoms with E-state index in [1.165, 1.54) is 29.2 Å². The fourth-order valence-corrected chi connectivity index (χ4v) is 3.46. The Bertz CT molecular complexity index is 820. The smallest absolute Gasteiger partial charge is 0.253 e. The van der Waals surface area contributed by atoms with Crippen LogP contribution in [0.1, 0.15) is 22.8 Å². The molecule has 0 heterocycles. The lowest BCUT2D eigenvalue weighted by Gasteiger charge is -2.18. The van der Waals surface area contributed by atoms with Gasteiger partial charge in [-0.05, 0) is 35.9 Å². The molecule has 0 unspecified atom stereocenters. The van der Waals surface area contributed by atoms with Gasteiger partial charge in [-0.2, -0.15) is 0 Å². The van der Waals surface area contributed by atoms with E-state index in [0.29, 0.717) is 23.7 Å². The molecule has 0 saturated carbocycles. The molecule has 128 valence electrons. The molecule has 2 aromatic carbocycles. The van der Waals surface area contributed by atoms with Crippen LogP contribution >= 0.6 is 11.6 Å². The standard InChI is InChI=1S/C17H19ClN2O3S/c1-3-19-24(22,23)15-10-8-13(9-11-15)17(21)20(2)12-14-6-4-5-7-16(14)18/h4-11,19H,3,12H2,1-2H3. The monoisotopic (exact) mass is 366 g/mol. The van der Waals surface area contributed by atoms with Gasteiger partial charge >= 0.3 is 0 Å². The van der Waals surface area contributed by atoms with Crippen LogP contribution in [0.4, 0.5) is 0 Å². The summed E-state index contributed by atoms with van der Waals surface area (Å²) >= 11 is 6.11. The zero-order valence-electron chi connectivity index (χ0n) is 13.5. The fourth-order valence-electron chi connectivity index (χ4n) is 2.22. The van der Waals surface area contributed by atoms with E-state index in [1.54, 1.807) is 20.0 Å². The summed E-state index contributed by atoms with van der Waals surface area (Å²) in [6.07, 6.45) is 0. The third-order valence-corrected chi connectivity index (χ3v) is 5.39. The Kier molecular flexibility index (Phi) is 5.99. The van der Waals surface area contributed by atoms with E-state index in [9.17, 15) is 13.2 Å². The fraction of sp³-hybridized carbons (Fsp3) is 0.235. The Labute approximate surface area is 147 Å². The van der Waals surface area contributed by atoms with E-state index in [2.05, 4.69) is 4.72 Å². The molecule has 24 heavy (non-hydrogen) atoms. The quantitative estimate of drug-likeness (QED) is 0.854. The molecular weight excluding hydrogens is 348 g/mol. The molecule has 2 aromatic rings. The number of amides is 1. The summed E-state index contributed by atoms with van der Waals surface area (Å²) in [5.41, 5.74) is 1.27. The van der Waals surface area contributed by atoms with Crippen LogP contribution in [0.25, 0.3) is 0 Å². The molecule has 0 fully saturated rings. The Morgan fingerprint density at radius 1 is 1.12 bits per heavy atom. The minimum atomic E-state index is -3.52. The molecule has 0 spiro atoms. The number of nitrogens with zero attached hydrogens (tertiary/aromatic N) is 1. The number of benzene rings is 2. The average molecular weight is 367 g/mol. The van der Waals surface area contributed by atoms with E-state index >= 15 is 0 Å². The van der Waals surface area contributed by atoms with Crippen molar-refractivity contribution < 1.29 is 13.2 Å². The first kappa shape index (κ1) is 18.4. The molecule has 0 aromatic heterocycles. The lowest BCUT2D eigenvalue weighted by atomic mass is 10.1. The third-order valence-electron chi connectivity index (χ3n) is 3.46. The molecule has 7 heteroatoms. The van der Waals surface area contributed by atoms with Crippen molar-refractivity contribution in [3.05, 3.63) is 64.7 Å². The molecule has 2 rings (SSSR count). The molecule has 0 bridgehead atoms. The number of hydrogen-bond acceptors (Lipinski definition) is 3. The molecule has 1 N–H and O–H groups in total. The van der Waals surface area contributed by atoms with Crippen molar-refractivity contribution in [2.45, 2.75) is 18.4 Å². The summed E-state index contributed by atoms with van der Waals surface area (Å²) in [5, 5.41) is 0.601. The second kappa shape index (κ2) is 7.79. The van der Waals surface area contributed by atoms with Crippen molar-refractivity contribution in [1.29, 1.82) is 0 Å². The summed E-state index contributed by atoms with van der Waals surface area (Å²) < 4.78 is 26.2. The van der Waals surface area contributed by atoms with E-state index < -0.39 is 10.0 Å². The van der Waals surface area contributed by atoms with E-state index in [4.69, 9.17) is 11.6 Å².